The molecular formula is C14H18N2O2S2. The van der Waals surface area contributed by atoms with E-state index < -0.39 is 10.0 Å². The quantitative estimate of drug-likeness (QED) is 0.863. The fourth-order valence-electron chi connectivity index (χ4n) is 1.92. The molecule has 6 heteroatoms. The summed E-state index contributed by atoms with van der Waals surface area (Å²) in [7, 11) is -1.88. The Balaban J connectivity index is 2.19. The van der Waals surface area contributed by atoms with Crippen LogP contribution in [0.25, 0.3) is 0 Å². The Morgan fingerprint density at radius 2 is 2.00 bits per heavy atom. The first-order valence-corrected chi connectivity index (χ1v) is 8.58. The van der Waals surface area contributed by atoms with E-state index >= 15 is 0 Å². The number of likely N-dealkylation sites (N-methyl/N-ethyl adjacent to an activating group) is 1. The number of nitrogen functional groups attached to an aromatic ring is 1. The van der Waals surface area contributed by atoms with Crippen LogP contribution >= 0.6 is 11.3 Å². The summed E-state index contributed by atoms with van der Waals surface area (Å²) in [5.41, 5.74) is 6.89. The Bertz CT molecular complexity index is 679. The van der Waals surface area contributed by atoms with Gasteiger partial charge in [-0.3, -0.25) is 0 Å². The summed E-state index contributed by atoms with van der Waals surface area (Å²) in [6.07, 6.45) is 0.717. The molecule has 0 radical (unpaired) electrons. The number of rotatable bonds is 5. The van der Waals surface area contributed by atoms with Crippen LogP contribution in [0.15, 0.2) is 40.6 Å². The number of benzene rings is 1. The molecule has 0 saturated carbocycles. The summed E-state index contributed by atoms with van der Waals surface area (Å²) in [5, 5.41) is 1.99. The normalized spacial score (nSPS) is 11.9. The predicted octanol–water partition coefficient (Wildman–Crippen LogP) is 2.50. The number of anilines is 1. The molecule has 0 aliphatic rings. The van der Waals surface area contributed by atoms with Crippen LogP contribution in [0.5, 0.6) is 0 Å². The second-order valence-electron chi connectivity index (χ2n) is 4.63. The maximum atomic E-state index is 12.5. The van der Waals surface area contributed by atoms with E-state index in [2.05, 4.69) is 0 Å². The van der Waals surface area contributed by atoms with Crippen molar-refractivity contribution in [3.05, 3.63) is 46.2 Å². The topological polar surface area (TPSA) is 63.4 Å². The first-order chi connectivity index (χ1) is 9.43. The van der Waals surface area contributed by atoms with Gasteiger partial charge in [0.15, 0.2) is 0 Å². The molecule has 0 fully saturated rings. The minimum atomic E-state index is -3.49. The number of hydrogen-bond acceptors (Lipinski definition) is 4. The average Bonchev–Trinajstić information content (AvgIpc) is 2.92. The van der Waals surface area contributed by atoms with Crippen LogP contribution in [0.2, 0.25) is 0 Å². The average molecular weight is 310 g/mol. The third-order valence-corrected chi connectivity index (χ3v) is 6.20. The van der Waals surface area contributed by atoms with Crippen molar-refractivity contribution in [2.75, 3.05) is 19.3 Å². The highest BCUT2D eigenvalue weighted by molar-refractivity contribution is 7.89. The maximum Gasteiger partial charge on any atom is 0.243 e. The zero-order valence-corrected chi connectivity index (χ0v) is 13.2. The van der Waals surface area contributed by atoms with Crippen LogP contribution in [-0.2, 0) is 16.4 Å². The Hall–Kier alpha value is -1.37. The van der Waals surface area contributed by atoms with E-state index in [1.165, 1.54) is 9.18 Å². The summed E-state index contributed by atoms with van der Waals surface area (Å²) in [6.45, 7) is 2.19. The third-order valence-electron chi connectivity index (χ3n) is 3.27. The summed E-state index contributed by atoms with van der Waals surface area (Å²) in [4.78, 5) is 1.46. The van der Waals surface area contributed by atoms with Crippen molar-refractivity contribution in [3.63, 3.8) is 0 Å². The van der Waals surface area contributed by atoms with Gasteiger partial charge in [0, 0.05) is 24.2 Å². The molecule has 2 N–H and O–H groups in total. The first kappa shape index (κ1) is 15.0. The van der Waals surface area contributed by atoms with Crippen molar-refractivity contribution in [1.29, 1.82) is 0 Å². The minimum absolute atomic E-state index is 0.283. The molecule has 0 aliphatic heterocycles. The van der Waals surface area contributed by atoms with Crippen LogP contribution in [0.1, 0.15) is 10.4 Å². The summed E-state index contributed by atoms with van der Waals surface area (Å²) >= 11 is 1.64. The summed E-state index contributed by atoms with van der Waals surface area (Å²) in [5.74, 6) is 0. The lowest BCUT2D eigenvalue weighted by Gasteiger charge is -2.18. The van der Waals surface area contributed by atoms with Gasteiger partial charge in [-0.15, -0.1) is 11.3 Å². The van der Waals surface area contributed by atoms with E-state index in [0.717, 1.165) is 6.42 Å². The van der Waals surface area contributed by atoms with Gasteiger partial charge in [-0.2, -0.15) is 0 Å². The number of hydrogen-bond donors (Lipinski definition) is 1. The maximum absolute atomic E-state index is 12.5. The largest absolute Gasteiger partial charge is 0.398 e. The SMILES string of the molecule is Cc1c(N)cccc1S(=O)(=O)N(C)CCc1cccs1. The zero-order valence-electron chi connectivity index (χ0n) is 11.5. The van der Waals surface area contributed by atoms with Crippen molar-refractivity contribution >= 4 is 27.0 Å². The van der Waals surface area contributed by atoms with E-state index in [4.69, 9.17) is 5.73 Å². The molecule has 2 rings (SSSR count). The van der Waals surface area contributed by atoms with Gasteiger partial charge in [0.2, 0.25) is 10.0 Å². The van der Waals surface area contributed by atoms with Gasteiger partial charge in [-0.05, 0) is 42.5 Å². The predicted molar refractivity (Wildman–Crippen MR) is 83.4 cm³/mol. The molecule has 1 aromatic heterocycles. The van der Waals surface area contributed by atoms with Crippen LogP contribution < -0.4 is 5.73 Å². The van der Waals surface area contributed by atoms with E-state index in [-0.39, 0.29) is 4.90 Å². The van der Waals surface area contributed by atoms with Crippen molar-refractivity contribution in [2.24, 2.45) is 0 Å². The first-order valence-electron chi connectivity index (χ1n) is 6.26. The Labute approximate surface area is 123 Å². The molecule has 0 unspecified atom stereocenters. The number of nitrogens with two attached hydrogens (primary N) is 1. The zero-order chi connectivity index (χ0) is 14.8. The van der Waals surface area contributed by atoms with Crippen molar-refractivity contribution in [2.45, 2.75) is 18.2 Å². The summed E-state index contributed by atoms with van der Waals surface area (Å²) in [6, 6.07) is 8.96. The fraction of sp³-hybridized carbons (Fsp3) is 0.286. The molecule has 2 aromatic rings. The van der Waals surface area contributed by atoms with Crippen molar-refractivity contribution in [3.8, 4) is 0 Å². The molecule has 1 heterocycles. The Morgan fingerprint density at radius 1 is 1.25 bits per heavy atom. The highest BCUT2D eigenvalue weighted by atomic mass is 32.2. The van der Waals surface area contributed by atoms with Crippen LogP contribution in [0.3, 0.4) is 0 Å². The molecule has 108 valence electrons. The molecule has 0 atom stereocenters. The highest BCUT2D eigenvalue weighted by Gasteiger charge is 2.23. The molecule has 1 aromatic carbocycles. The van der Waals surface area contributed by atoms with Gasteiger partial charge in [-0.1, -0.05) is 12.1 Å². The molecule has 4 nitrogen and oxygen atoms in total. The molecule has 0 aliphatic carbocycles. The molecular weight excluding hydrogens is 292 g/mol. The minimum Gasteiger partial charge on any atom is -0.398 e. The van der Waals surface area contributed by atoms with Crippen LogP contribution in [-0.4, -0.2) is 26.3 Å². The van der Waals surface area contributed by atoms with E-state index in [1.807, 2.05) is 17.5 Å². The van der Waals surface area contributed by atoms with Gasteiger partial charge in [-0.25, -0.2) is 12.7 Å². The second-order valence-corrected chi connectivity index (χ2v) is 7.67. The van der Waals surface area contributed by atoms with Gasteiger partial charge >= 0.3 is 0 Å². The number of thiophene rings is 1. The lowest BCUT2D eigenvalue weighted by molar-refractivity contribution is 0.473. The van der Waals surface area contributed by atoms with Gasteiger partial charge < -0.3 is 5.73 Å². The molecule has 0 bridgehead atoms. The highest BCUT2D eigenvalue weighted by Crippen LogP contribution is 2.23. The number of sulfonamides is 1. The lowest BCUT2D eigenvalue weighted by Crippen LogP contribution is -2.29. The standard InChI is InChI=1S/C14H18N2O2S2/c1-11-13(15)6-3-7-14(11)20(17,18)16(2)9-8-12-5-4-10-19-12/h3-7,10H,8-9,15H2,1-2H3. The Morgan fingerprint density at radius 3 is 2.65 bits per heavy atom. The lowest BCUT2D eigenvalue weighted by atomic mass is 10.2. The van der Waals surface area contributed by atoms with E-state index in [1.54, 1.807) is 43.5 Å². The number of nitrogens with zero attached hydrogens (tertiary/aromatic N) is 1. The summed E-state index contributed by atoms with van der Waals surface area (Å²) < 4.78 is 26.5. The second kappa shape index (κ2) is 5.95. The smallest absolute Gasteiger partial charge is 0.243 e. The van der Waals surface area contributed by atoms with Crippen molar-refractivity contribution in [1.82, 2.24) is 4.31 Å². The Kier molecular flexibility index (Phi) is 4.47. The molecule has 20 heavy (non-hydrogen) atoms. The molecule has 0 amide bonds. The van der Waals surface area contributed by atoms with Crippen molar-refractivity contribution < 1.29 is 8.42 Å². The van der Waals surface area contributed by atoms with E-state index in [9.17, 15) is 8.42 Å². The van der Waals surface area contributed by atoms with E-state index in [0.29, 0.717) is 17.8 Å². The monoisotopic (exact) mass is 310 g/mol. The third kappa shape index (κ3) is 3.03. The molecule has 0 spiro atoms. The molecule has 0 saturated heterocycles. The fourth-order valence-corrected chi connectivity index (χ4v) is 4.04. The van der Waals surface area contributed by atoms with Gasteiger partial charge in [0.05, 0.1) is 4.90 Å². The van der Waals surface area contributed by atoms with Crippen LogP contribution in [0.4, 0.5) is 5.69 Å². The van der Waals surface area contributed by atoms with Gasteiger partial charge in [0.1, 0.15) is 0 Å². The van der Waals surface area contributed by atoms with Gasteiger partial charge in [0.25, 0.3) is 0 Å². The van der Waals surface area contributed by atoms with Crippen LogP contribution in [0, 0.1) is 6.92 Å².